The monoisotopic (exact) mass is 777 g/mol. The van der Waals surface area contributed by atoms with E-state index in [1.54, 1.807) is 0 Å². The van der Waals surface area contributed by atoms with Crippen molar-refractivity contribution < 1.29 is 24.2 Å². The highest BCUT2D eigenvalue weighted by atomic mass is 16.5. The summed E-state index contributed by atoms with van der Waals surface area (Å²) in [5, 5.41) is 11.9. The first-order valence-corrected chi connectivity index (χ1v) is 24.0. The lowest BCUT2D eigenvalue weighted by Gasteiger charge is -2.18. The van der Waals surface area contributed by atoms with Crippen molar-refractivity contribution in [3.05, 3.63) is 12.2 Å². The minimum absolute atomic E-state index is 0.0203. The van der Waals surface area contributed by atoms with Gasteiger partial charge in [-0.25, -0.2) is 4.79 Å². The van der Waals surface area contributed by atoms with Crippen LogP contribution in [-0.2, 0) is 19.1 Å². The van der Waals surface area contributed by atoms with Crippen LogP contribution in [0.1, 0.15) is 258 Å². The number of hydrogen-bond donors (Lipinski definition) is 3. The summed E-state index contributed by atoms with van der Waals surface area (Å²) in [6.07, 6.45) is 48.6. The summed E-state index contributed by atoms with van der Waals surface area (Å²) in [7, 11) is 0. The number of ether oxygens (including phenoxy) is 1. The van der Waals surface area contributed by atoms with Gasteiger partial charge in [-0.3, -0.25) is 9.59 Å². The molecule has 0 saturated heterocycles. The number of unbranched alkanes of at least 4 members (excludes halogenated alkanes) is 28. The quantitative estimate of drug-likeness (QED) is 0.0322. The van der Waals surface area contributed by atoms with Crippen molar-refractivity contribution in [1.82, 2.24) is 5.32 Å². The maximum absolute atomic E-state index is 12.8. The maximum Gasteiger partial charge on any atom is 0.326 e. The Labute approximate surface area is 340 Å². The zero-order chi connectivity index (χ0) is 40.3. The summed E-state index contributed by atoms with van der Waals surface area (Å²) in [5.41, 5.74) is 5.48. The van der Waals surface area contributed by atoms with Crippen LogP contribution in [0.25, 0.3) is 0 Å². The van der Waals surface area contributed by atoms with Crippen molar-refractivity contribution in [3.63, 3.8) is 0 Å². The van der Waals surface area contributed by atoms with Gasteiger partial charge < -0.3 is 20.9 Å². The zero-order valence-corrected chi connectivity index (χ0v) is 36.5. The van der Waals surface area contributed by atoms with Gasteiger partial charge in [-0.05, 0) is 83.6 Å². The van der Waals surface area contributed by atoms with Crippen molar-refractivity contribution in [2.75, 3.05) is 6.54 Å². The van der Waals surface area contributed by atoms with Crippen LogP contribution in [0.2, 0.25) is 0 Å². The standard InChI is InChI=1S/C48H92N2O5/c1-3-5-7-9-11-12-13-14-15-16-17-18-19-20-21-22-23-24-25-26-27-32-36-42-47(52)55-44(38-33-29-10-8-6-4-2)39-34-30-28-31-35-41-46(51)50-45(48(53)54)40-37-43-49/h16-17,44-45H,3-15,18-43,49H2,1-2H3,(H,50,51)(H,53,54)/b17-16-. The van der Waals surface area contributed by atoms with Crippen molar-refractivity contribution in [2.45, 2.75) is 270 Å². The number of carboxylic acids is 1. The Morgan fingerprint density at radius 3 is 1.31 bits per heavy atom. The molecular formula is C48H92N2O5. The molecule has 0 aliphatic carbocycles. The van der Waals surface area contributed by atoms with E-state index in [0.717, 1.165) is 64.2 Å². The smallest absolute Gasteiger partial charge is 0.326 e. The molecule has 0 aliphatic rings. The molecule has 0 aliphatic heterocycles. The minimum Gasteiger partial charge on any atom is -0.480 e. The molecule has 4 N–H and O–H groups in total. The first-order chi connectivity index (χ1) is 26.9. The number of nitrogens with one attached hydrogen (secondary N) is 1. The van der Waals surface area contributed by atoms with Gasteiger partial charge in [0.25, 0.3) is 0 Å². The number of carbonyl (C=O) groups excluding carboxylic acids is 2. The molecule has 0 aromatic rings. The molecule has 0 aromatic heterocycles. The van der Waals surface area contributed by atoms with E-state index in [-0.39, 0.29) is 18.0 Å². The van der Waals surface area contributed by atoms with Gasteiger partial charge >= 0.3 is 11.9 Å². The fourth-order valence-electron chi connectivity index (χ4n) is 7.45. The normalized spacial score (nSPS) is 12.6. The number of amides is 1. The van der Waals surface area contributed by atoms with Gasteiger partial charge in [0, 0.05) is 12.8 Å². The van der Waals surface area contributed by atoms with Crippen LogP contribution in [0.15, 0.2) is 12.2 Å². The summed E-state index contributed by atoms with van der Waals surface area (Å²) in [6, 6.07) is -0.853. The summed E-state index contributed by atoms with van der Waals surface area (Å²) < 4.78 is 6.02. The van der Waals surface area contributed by atoms with Gasteiger partial charge in [-0.15, -0.1) is 0 Å². The van der Waals surface area contributed by atoms with Crippen LogP contribution in [0, 0.1) is 0 Å². The van der Waals surface area contributed by atoms with E-state index in [1.807, 2.05) is 0 Å². The van der Waals surface area contributed by atoms with E-state index < -0.39 is 12.0 Å². The maximum atomic E-state index is 12.8. The summed E-state index contributed by atoms with van der Waals surface area (Å²) in [6.45, 7) is 4.94. The number of allylic oxidation sites excluding steroid dienone is 2. The van der Waals surface area contributed by atoms with E-state index in [0.29, 0.717) is 32.2 Å². The molecule has 2 unspecified atom stereocenters. The average Bonchev–Trinajstić information content (AvgIpc) is 3.17. The van der Waals surface area contributed by atoms with Crippen LogP contribution in [0.3, 0.4) is 0 Å². The number of carbonyl (C=O) groups is 3. The third-order valence-corrected chi connectivity index (χ3v) is 11.1. The van der Waals surface area contributed by atoms with Gasteiger partial charge in [0.2, 0.25) is 5.91 Å². The summed E-state index contributed by atoms with van der Waals surface area (Å²) in [5.74, 6) is -1.22. The molecule has 0 aromatic carbocycles. The summed E-state index contributed by atoms with van der Waals surface area (Å²) in [4.78, 5) is 36.3. The van der Waals surface area contributed by atoms with E-state index in [9.17, 15) is 19.5 Å². The molecular weight excluding hydrogens is 685 g/mol. The second-order valence-corrected chi connectivity index (χ2v) is 16.5. The minimum atomic E-state index is -1.00. The predicted octanol–water partition coefficient (Wildman–Crippen LogP) is 13.8. The highest BCUT2D eigenvalue weighted by Crippen LogP contribution is 2.19. The highest BCUT2D eigenvalue weighted by Gasteiger charge is 2.19. The lowest BCUT2D eigenvalue weighted by molar-refractivity contribution is -0.150. The molecule has 324 valence electrons. The molecule has 0 bridgehead atoms. The second kappa shape index (κ2) is 43.2. The topological polar surface area (TPSA) is 119 Å². The second-order valence-electron chi connectivity index (χ2n) is 16.5. The third-order valence-electron chi connectivity index (χ3n) is 11.1. The van der Waals surface area contributed by atoms with Crippen molar-refractivity contribution in [3.8, 4) is 0 Å². The van der Waals surface area contributed by atoms with E-state index >= 15 is 0 Å². The highest BCUT2D eigenvalue weighted by molar-refractivity contribution is 5.83. The Bertz CT molecular complexity index is 878. The Morgan fingerprint density at radius 1 is 0.509 bits per heavy atom. The van der Waals surface area contributed by atoms with Gasteiger partial charge in [0.15, 0.2) is 0 Å². The lowest BCUT2D eigenvalue weighted by atomic mass is 10.0. The lowest BCUT2D eigenvalue weighted by Crippen LogP contribution is -2.40. The largest absolute Gasteiger partial charge is 0.480 e. The van der Waals surface area contributed by atoms with Crippen LogP contribution in [0.4, 0.5) is 0 Å². The number of aliphatic carboxylic acids is 1. The molecule has 0 radical (unpaired) electrons. The van der Waals surface area contributed by atoms with Crippen LogP contribution < -0.4 is 11.1 Å². The van der Waals surface area contributed by atoms with Crippen molar-refractivity contribution in [2.24, 2.45) is 5.73 Å². The number of rotatable bonds is 44. The fraction of sp³-hybridized carbons (Fsp3) is 0.896. The molecule has 55 heavy (non-hydrogen) atoms. The van der Waals surface area contributed by atoms with E-state index in [4.69, 9.17) is 10.5 Å². The molecule has 7 nitrogen and oxygen atoms in total. The van der Waals surface area contributed by atoms with Gasteiger partial charge in [0.1, 0.15) is 12.1 Å². The molecule has 0 heterocycles. The van der Waals surface area contributed by atoms with Crippen LogP contribution in [-0.4, -0.2) is 41.6 Å². The first-order valence-electron chi connectivity index (χ1n) is 24.0. The molecule has 7 heteroatoms. The predicted molar refractivity (Wildman–Crippen MR) is 234 cm³/mol. The Balaban J connectivity index is 3.94. The first kappa shape index (κ1) is 53.1. The van der Waals surface area contributed by atoms with Gasteiger partial charge in [-0.1, -0.05) is 180 Å². The Morgan fingerprint density at radius 2 is 0.891 bits per heavy atom. The number of nitrogens with two attached hydrogens (primary N) is 1. The number of esters is 1. The molecule has 0 fully saturated rings. The van der Waals surface area contributed by atoms with Gasteiger partial charge in [0.05, 0.1) is 0 Å². The van der Waals surface area contributed by atoms with E-state index in [2.05, 4.69) is 31.3 Å². The number of carboxylic acid groups (broad SMARTS) is 1. The SMILES string of the molecule is CCCCCCCCCC/C=C\CCCCCCCCCCCCCC(=O)OC(CCCCCCCC)CCCCCCCC(=O)NC(CCCN)C(=O)O. The van der Waals surface area contributed by atoms with Crippen LogP contribution >= 0.6 is 0 Å². The van der Waals surface area contributed by atoms with E-state index in [1.165, 1.54) is 154 Å². The molecule has 1 amide bonds. The van der Waals surface area contributed by atoms with Gasteiger partial charge in [-0.2, -0.15) is 0 Å². The molecule has 0 spiro atoms. The van der Waals surface area contributed by atoms with Crippen molar-refractivity contribution >= 4 is 17.8 Å². The molecule has 0 saturated carbocycles. The molecule has 0 rings (SSSR count). The number of hydrogen-bond acceptors (Lipinski definition) is 5. The Hall–Kier alpha value is -1.89. The average molecular weight is 777 g/mol. The van der Waals surface area contributed by atoms with Crippen molar-refractivity contribution in [1.29, 1.82) is 0 Å². The summed E-state index contributed by atoms with van der Waals surface area (Å²) >= 11 is 0. The van der Waals surface area contributed by atoms with Crippen LogP contribution in [0.5, 0.6) is 0 Å². The Kier molecular flexibility index (Phi) is 41.8. The zero-order valence-electron chi connectivity index (χ0n) is 36.5. The molecule has 2 atom stereocenters. The fourth-order valence-corrected chi connectivity index (χ4v) is 7.45. The third kappa shape index (κ3) is 40.1.